The van der Waals surface area contributed by atoms with Gasteiger partial charge in [0, 0.05) is 16.9 Å². The Morgan fingerprint density at radius 1 is 1.00 bits per heavy atom. The second-order valence-corrected chi connectivity index (χ2v) is 8.53. The molecule has 1 aliphatic rings. The van der Waals surface area contributed by atoms with Gasteiger partial charge in [-0.05, 0) is 46.4 Å². The molecule has 3 N–H and O–H groups in total. The van der Waals surface area contributed by atoms with E-state index in [4.69, 9.17) is 4.74 Å². The van der Waals surface area contributed by atoms with Crippen LogP contribution >= 0.6 is 15.9 Å². The van der Waals surface area contributed by atoms with Crippen molar-refractivity contribution in [1.82, 2.24) is 5.32 Å². The van der Waals surface area contributed by atoms with Crippen LogP contribution in [0.3, 0.4) is 0 Å². The number of benzene rings is 3. The van der Waals surface area contributed by atoms with Crippen molar-refractivity contribution < 1.29 is 19.7 Å². The Labute approximate surface area is 189 Å². The fourth-order valence-electron chi connectivity index (χ4n) is 4.10. The number of alkyl carbamates (subject to hydrolysis) is 1. The Bertz CT molecular complexity index is 1050. The van der Waals surface area contributed by atoms with E-state index in [2.05, 4.69) is 45.5 Å². The van der Waals surface area contributed by atoms with Crippen LogP contribution in [0.15, 0.2) is 71.2 Å². The first-order chi connectivity index (χ1) is 15.0. The van der Waals surface area contributed by atoms with E-state index in [1.165, 1.54) is 0 Å². The molecule has 1 amide bonds. The Balaban J connectivity index is 1.35. The van der Waals surface area contributed by atoms with E-state index in [0.717, 1.165) is 32.3 Å². The summed E-state index contributed by atoms with van der Waals surface area (Å²) in [6, 6.07) is 21.7. The predicted octanol–water partition coefficient (Wildman–Crippen LogP) is 4.69. The van der Waals surface area contributed by atoms with Crippen molar-refractivity contribution in [3.8, 4) is 11.1 Å². The first-order valence-corrected chi connectivity index (χ1v) is 11.0. The third kappa shape index (κ3) is 4.37. The monoisotopic (exact) mass is 481 g/mol. The highest BCUT2D eigenvalue weighted by Crippen LogP contribution is 2.44. The van der Waals surface area contributed by atoms with E-state index in [1.807, 2.05) is 37.3 Å². The lowest BCUT2D eigenvalue weighted by Crippen LogP contribution is -2.36. The first-order valence-electron chi connectivity index (χ1n) is 10.2. The summed E-state index contributed by atoms with van der Waals surface area (Å²) in [5.74, 6) is -0.0296. The fraction of sp³-hybridized carbons (Fsp3) is 0.240. The van der Waals surface area contributed by atoms with E-state index in [0.29, 0.717) is 5.56 Å². The highest BCUT2D eigenvalue weighted by atomic mass is 79.9. The van der Waals surface area contributed by atoms with Gasteiger partial charge in [0.1, 0.15) is 18.8 Å². The number of ether oxygens (including phenoxy) is 1. The predicted molar refractivity (Wildman–Crippen MR) is 123 cm³/mol. The minimum Gasteiger partial charge on any atom is -0.449 e. The summed E-state index contributed by atoms with van der Waals surface area (Å²) in [7, 11) is 0. The third-order valence-corrected chi connectivity index (χ3v) is 6.65. The van der Waals surface area contributed by atoms with Crippen molar-refractivity contribution >= 4 is 22.0 Å². The molecule has 1 aliphatic carbocycles. The van der Waals surface area contributed by atoms with Crippen molar-refractivity contribution in [1.29, 1.82) is 0 Å². The van der Waals surface area contributed by atoms with E-state index in [1.54, 1.807) is 12.1 Å². The normalized spacial score (nSPS) is 14.5. The summed E-state index contributed by atoms with van der Waals surface area (Å²) in [6.07, 6.45) is -2.90. The number of carbonyl (C=O) groups excluding carboxylic acids is 1. The number of carbonyl (C=O) groups is 1. The van der Waals surface area contributed by atoms with Crippen LogP contribution in [0.1, 0.15) is 34.3 Å². The zero-order valence-electron chi connectivity index (χ0n) is 17.1. The van der Waals surface area contributed by atoms with Crippen LogP contribution in [-0.4, -0.2) is 35.6 Å². The maximum Gasteiger partial charge on any atom is 0.407 e. The number of amides is 1. The molecular formula is C25H24BrNO4. The smallest absolute Gasteiger partial charge is 0.407 e. The van der Waals surface area contributed by atoms with E-state index >= 15 is 0 Å². The summed E-state index contributed by atoms with van der Waals surface area (Å²) in [6.45, 7) is 1.93. The zero-order chi connectivity index (χ0) is 22.0. The lowest BCUT2D eigenvalue weighted by Gasteiger charge is -2.21. The average Bonchev–Trinajstić information content (AvgIpc) is 3.11. The van der Waals surface area contributed by atoms with Gasteiger partial charge in [-0.1, -0.05) is 76.6 Å². The molecule has 0 fully saturated rings. The van der Waals surface area contributed by atoms with E-state index < -0.39 is 18.3 Å². The number of nitrogens with one attached hydrogen (secondary N) is 1. The van der Waals surface area contributed by atoms with Crippen molar-refractivity contribution in [3.05, 3.63) is 93.5 Å². The van der Waals surface area contributed by atoms with Crippen LogP contribution in [0.25, 0.3) is 11.1 Å². The number of fused-ring (bicyclic) bond motifs is 3. The Kier molecular flexibility index (Phi) is 6.41. The second kappa shape index (κ2) is 9.22. The van der Waals surface area contributed by atoms with Gasteiger partial charge in [-0.25, -0.2) is 4.79 Å². The topological polar surface area (TPSA) is 78.8 Å². The Morgan fingerprint density at radius 2 is 1.61 bits per heavy atom. The molecule has 0 spiro atoms. The molecule has 5 nitrogen and oxygen atoms in total. The largest absolute Gasteiger partial charge is 0.449 e. The molecule has 3 aromatic carbocycles. The quantitative estimate of drug-likeness (QED) is 0.477. The number of aliphatic hydroxyl groups is 2. The summed E-state index contributed by atoms with van der Waals surface area (Å²) < 4.78 is 6.32. The SMILES string of the molecule is Cc1c(Br)cccc1C(O)C(O)CNC(=O)OCC1c2ccccc2-c2ccccc21. The molecule has 0 saturated heterocycles. The fourth-order valence-corrected chi connectivity index (χ4v) is 4.48. The van der Waals surface area contributed by atoms with Gasteiger partial charge >= 0.3 is 6.09 Å². The minimum absolute atomic E-state index is 0.0296. The first kappa shape index (κ1) is 21.6. The molecule has 6 heteroatoms. The molecule has 0 radical (unpaired) electrons. The molecule has 2 atom stereocenters. The highest BCUT2D eigenvalue weighted by molar-refractivity contribution is 9.10. The molecule has 0 heterocycles. The van der Waals surface area contributed by atoms with Gasteiger partial charge in [-0.15, -0.1) is 0 Å². The Hall–Kier alpha value is -2.67. The second-order valence-electron chi connectivity index (χ2n) is 7.67. The molecule has 0 aliphatic heterocycles. The molecule has 160 valence electrons. The lowest BCUT2D eigenvalue weighted by atomic mass is 9.98. The summed E-state index contributed by atoms with van der Waals surface area (Å²) in [5, 5.41) is 23.4. The molecule has 3 aromatic rings. The summed E-state index contributed by atoms with van der Waals surface area (Å²) in [4.78, 5) is 12.3. The third-order valence-electron chi connectivity index (χ3n) is 5.79. The van der Waals surface area contributed by atoms with Crippen LogP contribution in [-0.2, 0) is 4.74 Å². The van der Waals surface area contributed by atoms with Crippen LogP contribution in [0, 0.1) is 6.92 Å². The van der Waals surface area contributed by atoms with Gasteiger partial charge in [0.05, 0.1) is 0 Å². The van der Waals surface area contributed by atoms with Crippen molar-refractivity contribution in [2.45, 2.75) is 25.0 Å². The van der Waals surface area contributed by atoms with Gasteiger partial charge in [0.25, 0.3) is 0 Å². The van der Waals surface area contributed by atoms with Gasteiger partial charge < -0.3 is 20.3 Å². The Morgan fingerprint density at radius 3 is 2.26 bits per heavy atom. The van der Waals surface area contributed by atoms with E-state index in [-0.39, 0.29) is 19.1 Å². The van der Waals surface area contributed by atoms with Crippen LogP contribution in [0.4, 0.5) is 4.79 Å². The van der Waals surface area contributed by atoms with Crippen molar-refractivity contribution in [2.24, 2.45) is 0 Å². The average molecular weight is 482 g/mol. The van der Waals surface area contributed by atoms with Crippen LogP contribution in [0.2, 0.25) is 0 Å². The van der Waals surface area contributed by atoms with Crippen LogP contribution < -0.4 is 5.32 Å². The molecule has 0 saturated carbocycles. The molecule has 31 heavy (non-hydrogen) atoms. The van der Waals surface area contributed by atoms with Crippen LogP contribution in [0.5, 0.6) is 0 Å². The van der Waals surface area contributed by atoms with Gasteiger partial charge in [0.2, 0.25) is 0 Å². The highest BCUT2D eigenvalue weighted by Gasteiger charge is 2.29. The number of hydrogen-bond donors (Lipinski definition) is 3. The zero-order valence-corrected chi connectivity index (χ0v) is 18.7. The molecule has 2 unspecified atom stereocenters. The maximum atomic E-state index is 12.3. The molecule has 0 aromatic heterocycles. The minimum atomic E-state index is -1.16. The summed E-state index contributed by atoms with van der Waals surface area (Å²) in [5.41, 5.74) is 6.05. The lowest BCUT2D eigenvalue weighted by molar-refractivity contribution is 0.0181. The number of halogens is 1. The van der Waals surface area contributed by atoms with Gasteiger partial charge in [0.15, 0.2) is 0 Å². The molecular weight excluding hydrogens is 458 g/mol. The standard InChI is InChI=1S/C25H24BrNO4/c1-15-16(11-6-12-22(15)26)24(29)23(28)13-27-25(30)31-14-21-19-9-4-2-7-17(19)18-8-3-5-10-20(18)21/h2-12,21,23-24,28-29H,13-14H2,1H3,(H,27,30). The molecule has 0 bridgehead atoms. The van der Waals surface area contributed by atoms with Gasteiger partial charge in [-0.2, -0.15) is 0 Å². The van der Waals surface area contributed by atoms with Crippen molar-refractivity contribution in [2.75, 3.05) is 13.2 Å². The number of rotatable bonds is 6. The van der Waals surface area contributed by atoms with Crippen molar-refractivity contribution in [3.63, 3.8) is 0 Å². The van der Waals surface area contributed by atoms with E-state index in [9.17, 15) is 15.0 Å². The number of aliphatic hydroxyl groups excluding tert-OH is 2. The van der Waals surface area contributed by atoms with Gasteiger partial charge in [-0.3, -0.25) is 0 Å². The molecule has 4 rings (SSSR count). The summed E-state index contributed by atoms with van der Waals surface area (Å²) >= 11 is 3.42. The maximum absolute atomic E-state index is 12.3. The number of hydrogen-bond acceptors (Lipinski definition) is 4.